The van der Waals surface area contributed by atoms with Gasteiger partial charge in [0.2, 0.25) is 5.88 Å². The smallest absolute Gasteiger partial charge is 0.276 e. The number of hydrogen-bond acceptors (Lipinski definition) is 6. The van der Waals surface area contributed by atoms with Gasteiger partial charge >= 0.3 is 0 Å². The topological polar surface area (TPSA) is 77.7 Å². The van der Waals surface area contributed by atoms with Crippen LogP contribution in [0.5, 0.6) is 5.88 Å². The van der Waals surface area contributed by atoms with E-state index in [0.29, 0.717) is 37.9 Å². The highest BCUT2D eigenvalue weighted by atomic mass is 19.1. The fourth-order valence-corrected chi connectivity index (χ4v) is 3.88. The number of amides is 1. The molecule has 27 heavy (non-hydrogen) atoms. The number of carbonyl (C=O) groups excluding carboxylic acids is 1. The van der Waals surface area contributed by atoms with Crippen molar-refractivity contribution in [1.29, 1.82) is 0 Å². The second-order valence-corrected chi connectivity index (χ2v) is 7.55. The number of rotatable bonds is 5. The molecular weight excluding hydrogens is 353 g/mol. The van der Waals surface area contributed by atoms with Crippen LogP contribution in [0.3, 0.4) is 0 Å². The minimum atomic E-state index is -0.478. The summed E-state index contributed by atoms with van der Waals surface area (Å²) in [5, 5.41) is 3.92. The molecule has 0 radical (unpaired) electrons. The van der Waals surface area contributed by atoms with Gasteiger partial charge in [-0.1, -0.05) is 5.16 Å². The lowest BCUT2D eigenvalue weighted by atomic mass is 9.81. The van der Waals surface area contributed by atoms with Crippen molar-refractivity contribution in [2.45, 2.75) is 30.8 Å². The maximum Gasteiger partial charge on any atom is 0.276 e. The van der Waals surface area contributed by atoms with Gasteiger partial charge in [-0.2, -0.15) is 0 Å². The Balaban J connectivity index is 1.20. The van der Waals surface area contributed by atoms with E-state index in [0.717, 1.165) is 25.0 Å². The Bertz CT molecular complexity index is 860. The summed E-state index contributed by atoms with van der Waals surface area (Å²) in [6.07, 6.45) is 4.51. The molecule has 1 atom stereocenters. The van der Waals surface area contributed by atoms with Crippen molar-refractivity contribution >= 4 is 5.91 Å². The summed E-state index contributed by atoms with van der Waals surface area (Å²) >= 11 is 0. The Morgan fingerprint density at radius 3 is 3.00 bits per heavy atom. The van der Waals surface area contributed by atoms with Crippen molar-refractivity contribution in [3.05, 3.63) is 41.7 Å². The Morgan fingerprint density at radius 1 is 1.37 bits per heavy atom. The molecule has 8 heteroatoms. The Kier molecular flexibility index (Phi) is 3.89. The van der Waals surface area contributed by atoms with Crippen LogP contribution < -0.4 is 4.74 Å². The van der Waals surface area contributed by atoms with Gasteiger partial charge in [-0.3, -0.25) is 4.79 Å². The van der Waals surface area contributed by atoms with Crippen LogP contribution in [0.25, 0.3) is 0 Å². The van der Waals surface area contributed by atoms with E-state index in [1.807, 2.05) is 0 Å². The van der Waals surface area contributed by atoms with E-state index in [2.05, 4.69) is 10.1 Å². The third-order valence-electron chi connectivity index (χ3n) is 5.68. The summed E-state index contributed by atoms with van der Waals surface area (Å²) in [6, 6.07) is 4.60. The molecule has 2 aromatic rings. The molecule has 2 aliphatic heterocycles. The molecule has 7 nitrogen and oxygen atoms in total. The number of ether oxygens (including phenoxy) is 2. The predicted octanol–water partition coefficient (Wildman–Crippen LogP) is 2.40. The lowest BCUT2D eigenvalue weighted by molar-refractivity contribution is -0.122. The summed E-state index contributed by atoms with van der Waals surface area (Å²) in [5.41, 5.74) is -0.0719. The highest BCUT2D eigenvalue weighted by Gasteiger charge is 2.55. The van der Waals surface area contributed by atoms with Gasteiger partial charge in [0.25, 0.3) is 5.91 Å². The van der Waals surface area contributed by atoms with Gasteiger partial charge in [0.15, 0.2) is 11.5 Å². The fraction of sp³-hybridized carbons (Fsp3) is 0.526. The minimum absolute atomic E-state index is 0.00186. The van der Waals surface area contributed by atoms with Crippen LogP contribution in [0.2, 0.25) is 0 Å². The number of carbonyl (C=O) groups is 1. The maximum absolute atomic E-state index is 13.7. The van der Waals surface area contributed by atoms with Crippen molar-refractivity contribution < 1.29 is 23.2 Å². The number of hydrogen-bond donors (Lipinski definition) is 0. The Morgan fingerprint density at radius 2 is 2.22 bits per heavy atom. The van der Waals surface area contributed by atoms with E-state index in [4.69, 9.17) is 14.0 Å². The first-order valence-electron chi connectivity index (χ1n) is 9.28. The molecule has 2 aromatic heterocycles. The summed E-state index contributed by atoms with van der Waals surface area (Å²) in [7, 11) is 0. The molecular formula is C19H20FN3O4. The van der Waals surface area contributed by atoms with Crippen LogP contribution >= 0.6 is 0 Å². The normalized spacial score (nSPS) is 23.4. The van der Waals surface area contributed by atoms with Crippen LogP contribution in [-0.4, -0.2) is 52.9 Å². The minimum Gasteiger partial charge on any atom is -0.475 e. The first-order valence-corrected chi connectivity index (χ1v) is 9.28. The van der Waals surface area contributed by atoms with Crippen LogP contribution in [0.4, 0.5) is 4.39 Å². The van der Waals surface area contributed by atoms with E-state index in [-0.39, 0.29) is 17.7 Å². The molecule has 0 aromatic carbocycles. The molecule has 0 bridgehead atoms. The SMILES string of the molecule is O=C(c1cc(C2CC2)on1)N1CC2(C1)OCC[C@H]2COc1ncccc1F. The summed E-state index contributed by atoms with van der Waals surface area (Å²) in [4.78, 5) is 18.2. The molecule has 2 saturated heterocycles. The second kappa shape index (κ2) is 6.30. The molecule has 0 N–H and O–H groups in total. The van der Waals surface area contributed by atoms with Crippen molar-refractivity contribution in [3.8, 4) is 5.88 Å². The number of pyridine rings is 1. The predicted molar refractivity (Wildman–Crippen MR) is 90.9 cm³/mol. The molecule has 5 rings (SSSR count). The number of halogens is 1. The Labute approximate surface area is 155 Å². The molecule has 3 fully saturated rings. The summed E-state index contributed by atoms with van der Waals surface area (Å²) in [6.45, 7) is 1.88. The third kappa shape index (κ3) is 2.97. The van der Waals surface area contributed by atoms with Crippen molar-refractivity contribution in [2.75, 3.05) is 26.3 Å². The van der Waals surface area contributed by atoms with E-state index in [9.17, 15) is 9.18 Å². The Hall–Kier alpha value is -2.48. The lowest BCUT2D eigenvalue weighted by Crippen LogP contribution is -2.66. The van der Waals surface area contributed by atoms with Gasteiger partial charge in [0.1, 0.15) is 11.4 Å². The largest absolute Gasteiger partial charge is 0.475 e. The average Bonchev–Trinajstić information content (AvgIpc) is 3.22. The van der Waals surface area contributed by atoms with Gasteiger partial charge in [-0.05, 0) is 31.4 Å². The summed E-state index contributed by atoms with van der Waals surface area (Å²) in [5.74, 6) is 0.697. The van der Waals surface area contributed by atoms with Crippen molar-refractivity contribution in [3.63, 3.8) is 0 Å². The fourth-order valence-electron chi connectivity index (χ4n) is 3.88. The van der Waals surface area contributed by atoms with Crippen molar-refractivity contribution in [1.82, 2.24) is 15.0 Å². The molecule has 0 unspecified atom stereocenters. The maximum atomic E-state index is 13.7. The molecule has 142 valence electrons. The van der Waals surface area contributed by atoms with Crippen LogP contribution in [0.15, 0.2) is 28.9 Å². The standard InChI is InChI=1S/C19H20FN3O4/c20-14-2-1-6-21-17(14)25-9-13-5-7-26-19(13)10-23(11-19)18(24)15-8-16(27-22-15)12-3-4-12/h1-2,6,8,12-13H,3-5,7,9-11H2/t13-/m0/s1. The van der Waals surface area contributed by atoms with Crippen LogP contribution in [0, 0.1) is 11.7 Å². The first-order chi connectivity index (χ1) is 13.1. The lowest BCUT2D eigenvalue weighted by Gasteiger charge is -2.49. The highest BCUT2D eigenvalue weighted by molar-refractivity contribution is 5.93. The zero-order chi connectivity index (χ0) is 18.4. The molecule has 1 saturated carbocycles. The van der Waals surface area contributed by atoms with E-state index in [1.165, 1.54) is 18.3 Å². The third-order valence-corrected chi connectivity index (χ3v) is 5.68. The van der Waals surface area contributed by atoms with Gasteiger partial charge in [-0.15, -0.1) is 0 Å². The first kappa shape index (κ1) is 16.7. The average molecular weight is 373 g/mol. The second-order valence-electron chi connectivity index (χ2n) is 7.55. The van der Waals surface area contributed by atoms with Gasteiger partial charge in [0.05, 0.1) is 19.7 Å². The number of nitrogens with zero attached hydrogens (tertiary/aromatic N) is 3. The van der Waals surface area contributed by atoms with Gasteiger partial charge < -0.3 is 18.9 Å². The molecule has 4 heterocycles. The monoisotopic (exact) mass is 373 g/mol. The van der Waals surface area contributed by atoms with Crippen molar-refractivity contribution in [2.24, 2.45) is 5.92 Å². The van der Waals surface area contributed by atoms with Crippen LogP contribution in [0.1, 0.15) is 41.4 Å². The quantitative estimate of drug-likeness (QED) is 0.801. The zero-order valence-corrected chi connectivity index (χ0v) is 14.8. The highest BCUT2D eigenvalue weighted by Crippen LogP contribution is 2.42. The van der Waals surface area contributed by atoms with Gasteiger partial charge in [0, 0.05) is 30.7 Å². The van der Waals surface area contributed by atoms with Crippen LogP contribution in [-0.2, 0) is 4.74 Å². The molecule has 1 spiro atoms. The number of likely N-dealkylation sites (tertiary alicyclic amines) is 1. The molecule has 1 amide bonds. The van der Waals surface area contributed by atoms with E-state index < -0.39 is 11.4 Å². The molecule has 3 aliphatic rings. The zero-order valence-electron chi connectivity index (χ0n) is 14.8. The summed E-state index contributed by atoms with van der Waals surface area (Å²) < 4.78 is 30.5. The molecule has 1 aliphatic carbocycles. The van der Waals surface area contributed by atoms with E-state index in [1.54, 1.807) is 11.0 Å². The number of aromatic nitrogens is 2. The van der Waals surface area contributed by atoms with Gasteiger partial charge in [-0.25, -0.2) is 9.37 Å². The van der Waals surface area contributed by atoms with E-state index >= 15 is 0 Å².